The summed E-state index contributed by atoms with van der Waals surface area (Å²) in [5.41, 5.74) is -1.11. The first-order valence-electron chi connectivity index (χ1n) is 4.60. The number of hydrogen-bond acceptors (Lipinski definition) is 4. The molecule has 0 spiro atoms. The Morgan fingerprint density at radius 3 is 2.75 bits per heavy atom. The molecule has 0 aliphatic heterocycles. The summed E-state index contributed by atoms with van der Waals surface area (Å²) >= 11 is 2.98. The van der Waals surface area contributed by atoms with Gasteiger partial charge in [0.15, 0.2) is 0 Å². The SMILES string of the molecule is CC(CO)Cn1cc(Br)c(=O)c([N+](=O)[O-])c1. The summed E-state index contributed by atoms with van der Waals surface area (Å²) < 4.78 is 1.66. The Hall–Kier alpha value is -1.21. The highest BCUT2D eigenvalue weighted by Gasteiger charge is 2.16. The molecule has 7 heteroatoms. The molecule has 0 bridgehead atoms. The van der Waals surface area contributed by atoms with Gasteiger partial charge in [-0.2, -0.15) is 0 Å². The minimum atomic E-state index is -0.715. The highest BCUT2D eigenvalue weighted by atomic mass is 79.9. The van der Waals surface area contributed by atoms with Gasteiger partial charge in [0.1, 0.15) is 0 Å². The molecule has 0 amide bonds. The highest BCUT2D eigenvalue weighted by Crippen LogP contribution is 2.12. The zero-order valence-electron chi connectivity index (χ0n) is 8.59. The molecular formula is C9H11BrN2O4. The van der Waals surface area contributed by atoms with Crippen LogP contribution in [0.1, 0.15) is 6.92 Å². The van der Waals surface area contributed by atoms with Gasteiger partial charge >= 0.3 is 5.69 Å². The van der Waals surface area contributed by atoms with Crippen LogP contribution in [0.5, 0.6) is 0 Å². The zero-order valence-corrected chi connectivity index (χ0v) is 10.2. The van der Waals surface area contributed by atoms with E-state index in [4.69, 9.17) is 5.11 Å². The minimum Gasteiger partial charge on any atom is -0.396 e. The molecule has 0 aromatic carbocycles. The van der Waals surface area contributed by atoms with Crippen LogP contribution in [0, 0.1) is 16.0 Å². The van der Waals surface area contributed by atoms with Crippen LogP contribution in [-0.4, -0.2) is 21.2 Å². The number of pyridine rings is 1. The number of halogens is 1. The molecule has 0 saturated carbocycles. The number of hydrogen-bond donors (Lipinski definition) is 1. The molecule has 1 aromatic heterocycles. The zero-order chi connectivity index (χ0) is 12.3. The molecule has 0 saturated heterocycles. The van der Waals surface area contributed by atoms with Crippen LogP contribution < -0.4 is 5.43 Å². The monoisotopic (exact) mass is 290 g/mol. The molecule has 0 fully saturated rings. The van der Waals surface area contributed by atoms with Crippen molar-refractivity contribution in [2.75, 3.05) is 6.61 Å². The number of aromatic nitrogens is 1. The third-order valence-corrected chi connectivity index (χ3v) is 2.61. The van der Waals surface area contributed by atoms with Crippen molar-refractivity contribution in [1.29, 1.82) is 0 Å². The third-order valence-electron chi connectivity index (χ3n) is 2.05. The normalized spacial score (nSPS) is 12.4. The van der Waals surface area contributed by atoms with Crippen LogP contribution in [0.15, 0.2) is 21.7 Å². The van der Waals surface area contributed by atoms with Gasteiger partial charge in [0.25, 0.3) is 5.43 Å². The van der Waals surface area contributed by atoms with Gasteiger partial charge in [-0.15, -0.1) is 0 Å². The fourth-order valence-corrected chi connectivity index (χ4v) is 1.70. The Balaban J connectivity index is 3.14. The molecule has 0 aliphatic carbocycles. The average Bonchev–Trinajstić information content (AvgIpc) is 2.22. The summed E-state index contributed by atoms with van der Waals surface area (Å²) in [6.07, 6.45) is 2.65. The van der Waals surface area contributed by atoms with Crippen molar-refractivity contribution in [3.8, 4) is 0 Å². The van der Waals surface area contributed by atoms with E-state index in [0.29, 0.717) is 6.54 Å². The Kier molecular flexibility index (Phi) is 4.19. The van der Waals surface area contributed by atoms with E-state index in [2.05, 4.69) is 15.9 Å². The molecule has 6 nitrogen and oxygen atoms in total. The molecule has 88 valence electrons. The quantitative estimate of drug-likeness (QED) is 0.666. The summed E-state index contributed by atoms with van der Waals surface area (Å²) in [5.74, 6) is -0.0333. The molecule has 1 unspecified atom stereocenters. The van der Waals surface area contributed by atoms with Gasteiger partial charge < -0.3 is 9.67 Å². The van der Waals surface area contributed by atoms with Crippen LogP contribution in [0.2, 0.25) is 0 Å². The van der Waals surface area contributed by atoms with Crippen molar-refractivity contribution in [1.82, 2.24) is 4.57 Å². The molecule has 1 atom stereocenters. The maximum absolute atomic E-state index is 11.4. The summed E-state index contributed by atoms with van der Waals surface area (Å²) in [6.45, 7) is 2.20. The van der Waals surface area contributed by atoms with Gasteiger partial charge in [0.2, 0.25) is 0 Å². The second kappa shape index (κ2) is 5.22. The summed E-state index contributed by atoms with van der Waals surface area (Å²) in [6, 6.07) is 0. The van der Waals surface area contributed by atoms with Crippen LogP contribution in [0.3, 0.4) is 0 Å². The van der Waals surface area contributed by atoms with Crippen molar-refractivity contribution >= 4 is 21.6 Å². The van der Waals surface area contributed by atoms with E-state index in [9.17, 15) is 14.9 Å². The standard InChI is InChI=1S/C9H11BrN2O4/c1-6(5-13)2-11-3-7(10)9(14)8(4-11)12(15)16/h3-4,6,13H,2,5H2,1H3. The van der Waals surface area contributed by atoms with E-state index in [1.165, 1.54) is 17.0 Å². The lowest BCUT2D eigenvalue weighted by Gasteiger charge is -2.11. The van der Waals surface area contributed by atoms with Crippen LogP contribution in [0.4, 0.5) is 5.69 Å². The van der Waals surface area contributed by atoms with Crippen LogP contribution in [0.25, 0.3) is 0 Å². The molecule has 0 aliphatic rings. The highest BCUT2D eigenvalue weighted by molar-refractivity contribution is 9.10. The van der Waals surface area contributed by atoms with E-state index in [-0.39, 0.29) is 17.0 Å². The molecule has 1 N–H and O–H groups in total. The van der Waals surface area contributed by atoms with Gasteiger partial charge in [-0.05, 0) is 21.8 Å². The molecule has 16 heavy (non-hydrogen) atoms. The van der Waals surface area contributed by atoms with Crippen LogP contribution >= 0.6 is 15.9 Å². The fraction of sp³-hybridized carbons (Fsp3) is 0.444. The van der Waals surface area contributed by atoms with Gasteiger partial charge in [-0.1, -0.05) is 6.92 Å². The second-order valence-electron chi connectivity index (χ2n) is 3.56. The lowest BCUT2D eigenvalue weighted by atomic mass is 10.2. The molecule has 1 aromatic rings. The molecule has 1 heterocycles. The topological polar surface area (TPSA) is 85.4 Å². The Morgan fingerprint density at radius 1 is 1.62 bits per heavy atom. The van der Waals surface area contributed by atoms with E-state index < -0.39 is 16.0 Å². The maximum Gasteiger partial charge on any atom is 0.333 e. The Morgan fingerprint density at radius 2 is 2.25 bits per heavy atom. The van der Waals surface area contributed by atoms with E-state index in [1.54, 1.807) is 6.92 Å². The first-order valence-corrected chi connectivity index (χ1v) is 5.39. The van der Waals surface area contributed by atoms with Gasteiger partial charge in [-0.25, -0.2) is 0 Å². The number of aliphatic hydroxyl groups excluding tert-OH is 1. The largest absolute Gasteiger partial charge is 0.396 e. The van der Waals surface area contributed by atoms with Gasteiger partial charge in [0.05, 0.1) is 15.6 Å². The predicted molar refractivity (Wildman–Crippen MR) is 61.3 cm³/mol. The predicted octanol–water partition coefficient (Wildman–Crippen LogP) is 1.15. The van der Waals surface area contributed by atoms with E-state index in [1.807, 2.05) is 0 Å². The number of aliphatic hydroxyl groups is 1. The summed E-state index contributed by atoms with van der Waals surface area (Å²) in [4.78, 5) is 21.3. The molecule has 0 radical (unpaired) electrons. The maximum atomic E-state index is 11.4. The van der Waals surface area contributed by atoms with E-state index in [0.717, 1.165) is 0 Å². The number of nitro groups is 1. The fourth-order valence-electron chi connectivity index (χ4n) is 1.23. The van der Waals surface area contributed by atoms with Crippen molar-refractivity contribution in [2.45, 2.75) is 13.5 Å². The van der Waals surface area contributed by atoms with Crippen molar-refractivity contribution < 1.29 is 10.0 Å². The number of rotatable bonds is 4. The first-order chi connectivity index (χ1) is 7.45. The lowest BCUT2D eigenvalue weighted by Crippen LogP contribution is -2.16. The van der Waals surface area contributed by atoms with E-state index >= 15 is 0 Å². The Bertz CT molecular complexity index is 457. The summed E-state index contributed by atoms with van der Waals surface area (Å²) in [5, 5.41) is 19.5. The summed E-state index contributed by atoms with van der Waals surface area (Å²) in [7, 11) is 0. The van der Waals surface area contributed by atoms with Crippen LogP contribution in [-0.2, 0) is 6.54 Å². The van der Waals surface area contributed by atoms with Gasteiger partial charge in [-0.3, -0.25) is 14.9 Å². The van der Waals surface area contributed by atoms with Crippen molar-refractivity contribution in [3.05, 3.63) is 37.2 Å². The Labute approximate surface area is 99.8 Å². The third kappa shape index (κ3) is 2.89. The van der Waals surface area contributed by atoms with Crippen molar-refractivity contribution in [3.63, 3.8) is 0 Å². The van der Waals surface area contributed by atoms with Crippen molar-refractivity contribution in [2.24, 2.45) is 5.92 Å². The lowest BCUT2D eigenvalue weighted by molar-refractivity contribution is -0.386. The smallest absolute Gasteiger partial charge is 0.333 e. The molecular weight excluding hydrogens is 280 g/mol. The van der Waals surface area contributed by atoms with Gasteiger partial charge in [0, 0.05) is 19.3 Å². The number of nitrogens with zero attached hydrogens (tertiary/aromatic N) is 2. The first kappa shape index (κ1) is 12.9. The average molecular weight is 291 g/mol. The minimum absolute atomic E-state index is 0.0163. The second-order valence-corrected chi connectivity index (χ2v) is 4.42. The molecule has 1 rings (SSSR count).